The summed E-state index contributed by atoms with van der Waals surface area (Å²) in [4.78, 5) is 11.0. The molecule has 1 atom stereocenters. The fourth-order valence-electron chi connectivity index (χ4n) is 2.33. The summed E-state index contributed by atoms with van der Waals surface area (Å²) in [7, 11) is 0. The van der Waals surface area contributed by atoms with E-state index in [4.69, 9.17) is 4.74 Å². The number of hydrogen-bond acceptors (Lipinski definition) is 3. The number of carbonyl (C=O) groups is 1. The van der Waals surface area contributed by atoms with Crippen LogP contribution in [0, 0.1) is 0 Å². The summed E-state index contributed by atoms with van der Waals surface area (Å²) in [6.07, 6.45) is 1.50. The molecule has 1 unspecified atom stereocenters. The molecule has 0 spiro atoms. The smallest absolute Gasteiger partial charge is 0.217 e. The van der Waals surface area contributed by atoms with Crippen LogP contribution in [0.4, 0.5) is 0 Å². The third kappa shape index (κ3) is 6.12. The number of rotatable bonds is 8. The topological polar surface area (TPSA) is 58.6 Å². The van der Waals surface area contributed by atoms with E-state index in [0.29, 0.717) is 13.0 Å². The molecule has 4 heteroatoms. The van der Waals surface area contributed by atoms with Gasteiger partial charge in [0.05, 0.1) is 12.6 Å². The van der Waals surface area contributed by atoms with Crippen LogP contribution in [-0.2, 0) is 17.8 Å². The van der Waals surface area contributed by atoms with E-state index in [2.05, 4.69) is 5.32 Å². The molecule has 2 aromatic carbocycles. The van der Waals surface area contributed by atoms with Crippen LogP contribution in [-0.4, -0.2) is 23.7 Å². The molecule has 0 bridgehead atoms. The molecule has 0 saturated heterocycles. The highest BCUT2D eigenvalue weighted by Crippen LogP contribution is 2.15. The van der Waals surface area contributed by atoms with E-state index < -0.39 is 0 Å². The normalized spacial score (nSPS) is 11.7. The standard InChI is InChI=1S/C19H23NO3/c1-15(22)20-18(13-21)10-7-16-8-11-19(12-9-16)23-14-17-5-3-2-4-6-17/h2-6,8-9,11-12,18,21H,7,10,13-14H2,1H3,(H,20,22). The van der Waals surface area contributed by atoms with Gasteiger partial charge in [-0.1, -0.05) is 42.5 Å². The van der Waals surface area contributed by atoms with Crippen molar-refractivity contribution in [2.24, 2.45) is 0 Å². The van der Waals surface area contributed by atoms with Crippen molar-refractivity contribution in [3.05, 3.63) is 65.7 Å². The Hall–Kier alpha value is -2.33. The van der Waals surface area contributed by atoms with Crippen molar-refractivity contribution in [1.29, 1.82) is 0 Å². The Morgan fingerprint density at radius 2 is 1.78 bits per heavy atom. The van der Waals surface area contributed by atoms with Crippen molar-refractivity contribution >= 4 is 5.91 Å². The van der Waals surface area contributed by atoms with Gasteiger partial charge in [0.25, 0.3) is 0 Å². The lowest BCUT2D eigenvalue weighted by atomic mass is 10.1. The lowest BCUT2D eigenvalue weighted by Gasteiger charge is -2.15. The molecule has 2 N–H and O–H groups in total. The van der Waals surface area contributed by atoms with E-state index in [1.54, 1.807) is 0 Å². The third-order valence-corrected chi connectivity index (χ3v) is 3.58. The molecule has 0 aliphatic heterocycles. The van der Waals surface area contributed by atoms with Crippen LogP contribution in [0.3, 0.4) is 0 Å². The van der Waals surface area contributed by atoms with Crippen LogP contribution >= 0.6 is 0 Å². The summed E-state index contributed by atoms with van der Waals surface area (Å²) < 4.78 is 5.75. The Balaban J connectivity index is 1.81. The number of carbonyl (C=O) groups excluding carboxylic acids is 1. The zero-order valence-corrected chi connectivity index (χ0v) is 13.4. The van der Waals surface area contributed by atoms with Gasteiger partial charge in [-0.15, -0.1) is 0 Å². The quantitative estimate of drug-likeness (QED) is 0.788. The van der Waals surface area contributed by atoms with Crippen molar-refractivity contribution < 1.29 is 14.6 Å². The molecule has 0 aliphatic carbocycles. The van der Waals surface area contributed by atoms with Gasteiger partial charge in [0.1, 0.15) is 12.4 Å². The molecule has 0 aliphatic rings. The molecule has 2 rings (SSSR count). The number of hydrogen-bond donors (Lipinski definition) is 2. The summed E-state index contributed by atoms with van der Waals surface area (Å²) in [5.74, 6) is 0.715. The maximum atomic E-state index is 11.0. The minimum absolute atomic E-state index is 0.0438. The second-order valence-electron chi connectivity index (χ2n) is 5.54. The maximum absolute atomic E-state index is 11.0. The number of aliphatic hydroxyl groups is 1. The predicted molar refractivity (Wildman–Crippen MR) is 90.2 cm³/mol. The number of aryl methyl sites for hydroxylation is 1. The van der Waals surface area contributed by atoms with Crippen LogP contribution < -0.4 is 10.1 Å². The zero-order valence-electron chi connectivity index (χ0n) is 13.4. The van der Waals surface area contributed by atoms with E-state index in [9.17, 15) is 9.90 Å². The number of benzene rings is 2. The molecule has 4 nitrogen and oxygen atoms in total. The van der Waals surface area contributed by atoms with Crippen molar-refractivity contribution in [3.63, 3.8) is 0 Å². The van der Waals surface area contributed by atoms with Gasteiger partial charge in [-0.2, -0.15) is 0 Å². The highest BCUT2D eigenvalue weighted by Gasteiger charge is 2.08. The van der Waals surface area contributed by atoms with E-state index in [0.717, 1.165) is 23.3 Å². The first-order valence-electron chi connectivity index (χ1n) is 7.81. The van der Waals surface area contributed by atoms with Gasteiger partial charge >= 0.3 is 0 Å². The Morgan fingerprint density at radius 1 is 1.09 bits per heavy atom. The summed E-state index contributed by atoms with van der Waals surface area (Å²) in [5, 5.41) is 12.0. The minimum Gasteiger partial charge on any atom is -0.489 e. The Morgan fingerprint density at radius 3 is 2.39 bits per heavy atom. The number of ether oxygens (including phenoxy) is 1. The highest BCUT2D eigenvalue weighted by molar-refractivity contribution is 5.73. The number of amides is 1. The monoisotopic (exact) mass is 313 g/mol. The SMILES string of the molecule is CC(=O)NC(CO)CCc1ccc(OCc2ccccc2)cc1. The second kappa shape index (κ2) is 8.96. The van der Waals surface area contributed by atoms with Gasteiger partial charge in [0, 0.05) is 6.92 Å². The number of nitrogens with one attached hydrogen (secondary N) is 1. The van der Waals surface area contributed by atoms with Crippen LogP contribution in [0.2, 0.25) is 0 Å². The largest absolute Gasteiger partial charge is 0.489 e. The molecule has 122 valence electrons. The van der Waals surface area contributed by atoms with E-state index in [-0.39, 0.29) is 18.6 Å². The average molecular weight is 313 g/mol. The fourth-order valence-corrected chi connectivity index (χ4v) is 2.33. The zero-order chi connectivity index (χ0) is 16.5. The van der Waals surface area contributed by atoms with Gasteiger partial charge in [0.2, 0.25) is 5.91 Å². The van der Waals surface area contributed by atoms with Crippen molar-refractivity contribution in [2.45, 2.75) is 32.4 Å². The van der Waals surface area contributed by atoms with E-state index in [1.807, 2.05) is 54.6 Å². The van der Waals surface area contributed by atoms with Crippen LogP contribution in [0.1, 0.15) is 24.5 Å². The van der Waals surface area contributed by atoms with Gasteiger partial charge < -0.3 is 15.2 Å². The predicted octanol–water partition coefficient (Wildman–Crippen LogP) is 2.70. The molecular weight excluding hydrogens is 290 g/mol. The van der Waals surface area contributed by atoms with Crippen LogP contribution in [0.15, 0.2) is 54.6 Å². The van der Waals surface area contributed by atoms with Gasteiger partial charge in [-0.05, 0) is 36.1 Å². The summed E-state index contributed by atoms with van der Waals surface area (Å²) in [5.41, 5.74) is 2.29. The molecule has 0 fully saturated rings. The molecule has 0 radical (unpaired) electrons. The van der Waals surface area contributed by atoms with E-state index >= 15 is 0 Å². The fraction of sp³-hybridized carbons (Fsp3) is 0.316. The lowest BCUT2D eigenvalue weighted by Crippen LogP contribution is -2.36. The number of aliphatic hydroxyl groups excluding tert-OH is 1. The van der Waals surface area contributed by atoms with E-state index in [1.165, 1.54) is 6.92 Å². The molecular formula is C19H23NO3. The minimum atomic E-state index is -0.193. The third-order valence-electron chi connectivity index (χ3n) is 3.58. The Labute approximate surface area is 137 Å². The van der Waals surface area contributed by atoms with Crippen LogP contribution in [0.25, 0.3) is 0 Å². The molecule has 23 heavy (non-hydrogen) atoms. The van der Waals surface area contributed by atoms with Gasteiger partial charge in [-0.3, -0.25) is 4.79 Å². The first-order valence-corrected chi connectivity index (χ1v) is 7.81. The first kappa shape index (κ1) is 17.0. The van der Waals surface area contributed by atoms with Crippen LogP contribution in [0.5, 0.6) is 5.75 Å². The van der Waals surface area contributed by atoms with Gasteiger partial charge in [0.15, 0.2) is 0 Å². The van der Waals surface area contributed by atoms with Crippen molar-refractivity contribution in [2.75, 3.05) is 6.61 Å². The molecule has 0 saturated carbocycles. The van der Waals surface area contributed by atoms with Crippen molar-refractivity contribution in [1.82, 2.24) is 5.32 Å². The molecule has 0 aromatic heterocycles. The molecule has 2 aromatic rings. The highest BCUT2D eigenvalue weighted by atomic mass is 16.5. The second-order valence-corrected chi connectivity index (χ2v) is 5.54. The average Bonchev–Trinajstić information content (AvgIpc) is 2.58. The summed E-state index contributed by atoms with van der Waals surface area (Å²) in [6.45, 7) is 1.97. The Bertz CT molecular complexity index is 596. The van der Waals surface area contributed by atoms with Gasteiger partial charge in [-0.25, -0.2) is 0 Å². The molecule has 0 heterocycles. The lowest BCUT2D eigenvalue weighted by molar-refractivity contribution is -0.120. The summed E-state index contributed by atoms with van der Waals surface area (Å²) in [6, 6.07) is 17.8. The van der Waals surface area contributed by atoms with Crippen molar-refractivity contribution in [3.8, 4) is 5.75 Å². The molecule has 1 amide bonds. The summed E-state index contributed by atoms with van der Waals surface area (Å²) >= 11 is 0. The maximum Gasteiger partial charge on any atom is 0.217 e. The Kier molecular flexibility index (Phi) is 6.63. The first-order chi connectivity index (χ1) is 11.2.